The highest BCUT2D eigenvalue weighted by atomic mass is 16.6. The van der Waals surface area contributed by atoms with Crippen LogP contribution < -0.4 is 16.8 Å². The summed E-state index contributed by atoms with van der Waals surface area (Å²) in [4.78, 5) is 49.7. The first kappa shape index (κ1) is 25.4. The lowest BCUT2D eigenvalue weighted by atomic mass is 9.88. The molecule has 5 rings (SSSR count). The number of imide groups is 1. The van der Waals surface area contributed by atoms with Crippen LogP contribution in [0.25, 0.3) is 0 Å². The molecule has 0 aromatic heterocycles. The third kappa shape index (κ3) is 3.84. The number of carbonyl (C=O) groups is 3. The number of aliphatic imine (C=N–C) groups is 2. The van der Waals surface area contributed by atoms with Crippen LogP contribution in [0.3, 0.4) is 0 Å². The Morgan fingerprint density at radius 1 is 1.19 bits per heavy atom. The summed E-state index contributed by atoms with van der Waals surface area (Å²) in [7, 11) is 1.00. The SMILES string of the molecule is CC1(C)CC(=O)N(C[C@@H]2N=C(N)N3C[C@H](OC(=O)c4ccccc4)[C@H](O)[C@@]34NC(N)=N[C@@H]24)C1=O.CO. The highest BCUT2D eigenvalue weighted by molar-refractivity contribution is 6.05. The van der Waals surface area contributed by atoms with Gasteiger partial charge in [-0.05, 0) is 12.1 Å². The van der Waals surface area contributed by atoms with Gasteiger partial charge in [-0.25, -0.2) is 14.8 Å². The molecule has 7 N–H and O–H groups in total. The van der Waals surface area contributed by atoms with Crippen molar-refractivity contribution in [3.63, 3.8) is 0 Å². The van der Waals surface area contributed by atoms with Gasteiger partial charge in [0.1, 0.15) is 18.2 Å². The number of rotatable bonds is 4. The molecule has 1 spiro atoms. The number of likely N-dealkylation sites (tertiary alicyclic amines) is 1. The zero-order chi connectivity index (χ0) is 26.4. The molecule has 4 aliphatic heterocycles. The second kappa shape index (κ2) is 9.06. The maximum absolute atomic E-state index is 12.8. The Kier molecular flexibility index (Phi) is 6.39. The summed E-state index contributed by atoms with van der Waals surface area (Å²) in [5.41, 5.74) is 10.5. The predicted molar refractivity (Wildman–Crippen MR) is 128 cm³/mol. The van der Waals surface area contributed by atoms with Gasteiger partial charge in [-0.15, -0.1) is 0 Å². The van der Waals surface area contributed by atoms with E-state index in [2.05, 4.69) is 15.3 Å². The molecule has 5 atom stereocenters. The Morgan fingerprint density at radius 2 is 1.86 bits per heavy atom. The molecule has 13 nitrogen and oxygen atoms in total. The topological polar surface area (TPSA) is 196 Å². The second-order valence-corrected chi connectivity index (χ2v) is 9.70. The lowest BCUT2D eigenvalue weighted by Gasteiger charge is -2.46. The van der Waals surface area contributed by atoms with Gasteiger partial charge in [-0.2, -0.15) is 0 Å². The molecule has 0 bridgehead atoms. The van der Waals surface area contributed by atoms with Crippen molar-refractivity contribution in [2.45, 2.75) is 50.2 Å². The number of nitrogens with one attached hydrogen (secondary N) is 1. The van der Waals surface area contributed by atoms with Crippen LogP contribution >= 0.6 is 0 Å². The van der Waals surface area contributed by atoms with Crippen LogP contribution in [-0.2, 0) is 14.3 Å². The van der Waals surface area contributed by atoms with Crippen molar-refractivity contribution in [2.75, 3.05) is 20.2 Å². The van der Waals surface area contributed by atoms with Crippen molar-refractivity contribution in [1.82, 2.24) is 15.1 Å². The fraction of sp³-hybridized carbons (Fsp3) is 0.522. The molecule has 1 aromatic rings. The number of nitrogens with two attached hydrogens (primary N) is 2. The number of amides is 2. The van der Waals surface area contributed by atoms with E-state index in [-0.39, 0.29) is 43.2 Å². The predicted octanol–water partition coefficient (Wildman–Crippen LogP) is -2.04. The van der Waals surface area contributed by atoms with Gasteiger partial charge in [0.05, 0.1) is 30.1 Å². The number of ether oxygens (including phenoxy) is 1. The number of benzene rings is 1. The lowest BCUT2D eigenvalue weighted by Crippen LogP contribution is -2.73. The zero-order valence-corrected chi connectivity index (χ0v) is 20.3. The number of carbonyl (C=O) groups excluding carboxylic acids is 3. The monoisotopic (exact) mass is 501 g/mol. The summed E-state index contributed by atoms with van der Waals surface area (Å²) in [5, 5.41) is 21.4. The average Bonchev–Trinajstić information content (AvgIpc) is 3.41. The van der Waals surface area contributed by atoms with Gasteiger partial charge >= 0.3 is 5.97 Å². The van der Waals surface area contributed by atoms with E-state index >= 15 is 0 Å². The molecule has 194 valence electrons. The third-order valence-electron chi connectivity index (χ3n) is 6.96. The number of guanidine groups is 2. The van der Waals surface area contributed by atoms with Crippen LogP contribution in [-0.4, -0.2) is 99.9 Å². The molecule has 36 heavy (non-hydrogen) atoms. The molecule has 0 aliphatic carbocycles. The summed E-state index contributed by atoms with van der Waals surface area (Å²) in [6.07, 6.45) is -2.12. The first-order chi connectivity index (χ1) is 17.0. The van der Waals surface area contributed by atoms with E-state index in [0.717, 1.165) is 7.11 Å². The largest absolute Gasteiger partial charge is 0.454 e. The summed E-state index contributed by atoms with van der Waals surface area (Å²) in [5.74, 6) is -1.07. The van der Waals surface area contributed by atoms with E-state index in [1.165, 1.54) is 4.90 Å². The van der Waals surface area contributed by atoms with Gasteiger partial charge in [0.15, 0.2) is 17.6 Å². The standard InChI is InChI=1S/C22H27N7O5.CH4O/c1-21(2)8-14(30)28(18(21)33)9-12-15-22(27-19(23)26-15)16(31)13(10-29(22)20(24)25-12)34-17(32)11-6-4-3-5-7-11;1-2/h3-7,12-13,15-16,31H,8-10H2,1-2H3,(H2,24,25)(H3,23,26,27);2H,1H3/t12-,13-,15-,16-,22-;/m0./s1. The van der Waals surface area contributed by atoms with E-state index in [0.29, 0.717) is 5.56 Å². The van der Waals surface area contributed by atoms with Crippen LogP contribution in [0, 0.1) is 5.41 Å². The molecule has 2 amide bonds. The van der Waals surface area contributed by atoms with Crippen LogP contribution in [0.1, 0.15) is 30.6 Å². The van der Waals surface area contributed by atoms with Crippen molar-refractivity contribution in [3.8, 4) is 0 Å². The summed E-state index contributed by atoms with van der Waals surface area (Å²) < 4.78 is 5.63. The molecule has 0 radical (unpaired) electrons. The molecule has 2 fully saturated rings. The van der Waals surface area contributed by atoms with Gasteiger partial charge in [0, 0.05) is 13.5 Å². The molecule has 4 heterocycles. The first-order valence-electron chi connectivity index (χ1n) is 11.5. The number of esters is 1. The zero-order valence-electron chi connectivity index (χ0n) is 20.3. The molecular weight excluding hydrogens is 470 g/mol. The lowest BCUT2D eigenvalue weighted by molar-refractivity contribution is -0.141. The fourth-order valence-electron chi connectivity index (χ4n) is 5.30. The van der Waals surface area contributed by atoms with Crippen LogP contribution in [0.15, 0.2) is 40.3 Å². The van der Waals surface area contributed by atoms with Crippen molar-refractivity contribution in [3.05, 3.63) is 35.9 Å². The molecule has 1 aromatic carbocycles. The van der Waals surface area contributed by atoms with Crippen LogP contribution in [0.2, 0.25) is 0 Å². The number of hydrogen-bond donors (Lipinski definition) is 5. The van der Waals surface area contributed by atoms with Crippen LogP contribution in [0.5, 0.6) is 0 Å². The Balaban J connectivity index is 0.00000148. The average molecular weight is 502 g/mol. The smallest absolute Gasteiger partial charge is 0.338 e. The summed E-state index contributed by atoms with van der Waals surface area (Å²) in [6, 6.07) is 6.91. The minimum atomic E-state index is -1.33. The molecule has 2 saturated heterocycles. The van der Waals surface area contributed by atoms with E-state index in [1.54, 1.807) is 49.1 Å². The van der Waals surface area contributed by atoms with E-state index in [4.69, 9.17) is 21.3 Å². The minimum Gasteiger partial charge on any atom is -0.454 e. The third-order valence-corrected chi connectivity index (χ3v) is 6.96. The number of aliphatic hydroxyl groups excluding tert-OH is 2. The number of hydrogen-bond acceptors (Lipinski definition) is 12. The molecule has 0 saturated carbocycles. The maximum Gasteiger partial charge on any atom is 0.338 e. The van der Waals surface area contributed by atoms with E-state index in [1.807, 2.05) is 0 Å². The first-order valence-corrected chi connectivity index (χ1v) is 11.5. The summed E-state index contributed by atoms with van der Waals surface area (Å²) in [6.45, 7) is 3.44. The van der Waals surface area contributed by atoms with Crippen molar-refractivity contribution < 1.29 is 29.3 Å². The van der Waals surface area contributed by atoms with Gasteiger partial charge in [0.2, 0.25) is 11.8 Å². The van der Waals surface area contributed by atoms with Gasteiger partial charge < -0.3 is 36.6 Å². The summed E-state index contributed by atoms with van der Waals surface area (Å²) >= 11 is 0. The van der Waals surface area contributed by atoms with Gasteiger partial charge in [0.25, 0.3) is 0 Å². The van der Waals surface area contributed by atoms with Crippen molar-refractivity contribution in [1.29, 1.82) is 0 Å². The quantitative estimate of drug-likeness (QED) is 0.226. The highest BCUT2D eigenvalue weighted by Crippen LogP contribution is 2.42. The maximum atomic E-state index is 12.8. The molecule has 4 aliphatic rings. The highest BCUT2D eigenvalue weighted by Gasteiger charge is 2.66. The Labute approximate surface area is 207 Å². The van der Waals surface area contributed by atoms with Crippen LogP contribution in [0.4, 0.5) is 0 Å². The Bertz CT molecular complexity index is 1120. The second-order valence-electron chi connectivity index (χ2n) is 9.70. The minimum absolute atomic E-state index is 0.0539. The molecule has 13 heteroatoms. The number of aliphatic hydroxyl groups is 2. The Morgan fingerprint density at radius 3 is 2.47 bits per heavy atom. The van der Waals surface area contributed by atoms with Crippen molar-refractivity contribution >= 4 is 29.7 Å². The van der Waals surface area contributed by atoms with Gasteiger partial charge in [-0.1, -0.05) is 32.0 Å². The molecule has 0 unspecified atom stereocenters. The molecular formula is C23H31N7O6. The van der Waals surface area contributed by atoms with Crippen molar-refractivity contribution in [2.24, 2.45) is 26.9 Å². The Hall–Kier alpha value is -3.71. The van der Waals surface area contributed by atoms with E-state index in [9.17, 15) is 19.5 Å². The van der Waals surface area contributed by atoms with Gasteiger partial charge in [-0.3, -0.25) is 14.5 Å². The van der Waals surface area contributed by atoms with E-state index < -0.39 is 41.3 Å². The fourth-order valence-corrected chi connectivity index (χ4v) is 5.30. The normalized spacial score (nSPS) is 32.0. The number of nitrogens with zero attached hydrogens (tertiary/aromatic N) is 4.